The lowest BCUT2D eigenvalue weighted by Gasteiger charge is -2.31. The van der Waals surface area contributed by atoms with E-state index in [0.29, 0.717) is 12.0 Å². The molecule has 2 heterocycles. The molecule has 1 aromatic carbocycles. The normalized spacial score (nSPS) is 24.5. The molecule has 2 aliphatic rings. The molecule has 0 spiro atoms. The SMILES string of the molecule is CCC1NCCn2c1nnc2C1Cc2ccccc21. The summed E-state index contributed by atoms with van der Waals surface area (Å²) in [5.41, 5.74) is 2.90. The Hall–Kier alpha value is -1.68. The lowest BCUT2D eigenvalue weighted by molar-refractivity contribution is 0.395. The highest BCUT2D eigenvalue weighted by Crippen LogP contribution is 2.39. The van der Waals surface area contributed by atoms with E-state index in [1.54, 1.807) is 0 Å². The standard InChI is InChI=1S/C15H18N4/c1-2-13-15-18-17-14(19(15)8-7-16-13)12-9-10-5-3-4-6-11(10)12/h3-6,12-13,16H,2,7-9H2,1H3. The van der Waals surface area contributed by atoms with Crippen molar-refractivity contribution in [3.8, 4) is 0 Å². The zero-order valence-corrected chi connectivity index (χ0v) is 11.1. The van der Waals surface area contributed by atoms with Gasteiger partial charge in [-0.15, -0.1) is 10.2 Å². The number of nitrogens with zero attached hydrogens (tertiary/aromatic N) is 3. The van der Waals surface area contributed by atoms with Gasteiger partial charge in [0.1, 0.15) is 11.6 Å². The van der Waals surface area contributed by atoms with Gasteiger partial charge in [0.2, 0.25) is 0 Å². The fourth-order valence-electron chi connectivity index (χ4n) is 3.33. The van der Waals surface area contributed by atoms with Crippen LogP contribution in [0.4, 0.5) is 0 Å². The Kier molecular flexibility index (Phi) is 2.45. The van der Waals surface area contributed by atoms with Gasteiger partial charge >= 0.3 is 0 Å². The summed E-state index contributed by atoms with van der Waals surface area (Å²) >= 11 is 0. The topological polar surface area (TPSA) is 42.7 Å². The van der Waals surface area contributed by atoms with Gasteiger partial charge in [0.15, 0.2) is 0 Å². The molecule has 0 radical (unpaired) electrons. The molecule has 4 nitrogen and oxygen atoms in total. The second-order valence-electron chi connectivity index (χ2n) is 5.44. The monoisotopic (exact) mass is 254 g/mol. The number of fused-ring (bicyclic) bond motifs is 2. The van der Waals surface area contributed by atoms with Crippen molar-refractivity contribution in [2.24, 2.45) is 0 Å². The van der Waals surface area contributed by atoms with Gasteiger partial charge in [-0.25, -0.2) is 0 Å². The van der Waals surface area contributed by atoms with Crippen LogP contribution in [-0.2, 0) is 13.0 Å². The van der Waals surface area contributed by atoms with Crippen molar-refractivity contribution >= 4 is 0 Å². The van der Waals surface area contributed by atoms with E-state index in [1.165, 1.54) is 11.1 Å². The largest absolute Gasteiger partial charge is 0.312 e. The van der Waals surface area contributed by atoms with E-state index >= 15 is 0 Å². The Bertz CT molecular complexity index is 616. The number of aromatic nitrogens is 3. The molecule has 4 heteroatoms. The van der Waals surface area contributed by atoms with Crippen LogP contribution in [0.5, 0.6) is 0 Å². The van der Waals surface area contributed by atoms with E-state index in [1.807, 2.05) is 0 Å². The maximum Gasteiger partial charge on any atom is 0.150 e. The fraction of sp³-hybridized carbons (Fsp3) is 0.467. The fourth-order valence-corrected chi connectivity index (χ4v) is 3.33. The molecule has 1 aliphatic heterocycles. The molecule has 98 valence electrons. The molecule has 2 aromatic rings. The predicted octanol–water partition coefficient (Wildman–Crippen LogP) is 2.02. The number of hydrogen-bond acceptors (Lipinski definition) is 3. The second kappa shape index (κ2) is 4.17. The second-order valence-corrected chi connectivity index (χ2v) is 5.44. The predicted molar refractivity (Wildman–Crippen MR) is 73.0 cm³/mol. The third-order valence-corrected chi connectivity index (χ3v) is 4.42. The quantitative estimate of drug-likeness (QED) is 0.891. The summed E-state index contributed by atoms with van der Waals surface area (Å²) in [6.07, 6.45) is 2.18. The Morgan fingerprint density at radius 1 is 1.26 bits per heavy atom. The lowest BCUT2D eigenvalue weighted by Crippen LogP contribution is -2.35. The minimum atomic E-state index is 0.366. The number of hydrogen-bond donors (Lipinski definition) is 1. The van der Waals surface area contributed by atoms with Crippen LogP contribution in [0.1, 0.15) is 48.1 Å². The van der Waals surface area contributed by atoms with Crippen LogP contribution in [0.2, 0.25) is 0 Å². The van der Waals surface area contributed by atoms with Crippen molar-refractivity contribution in [3.05, 3.63) is 47.0 Å². The molecule has 0 bridgehead atoms. The van der Waals surface area contributed by atoms with Crippen LogP contribution in [0.25, 0.3) is 0 Å². The van der Waals surface area contributed by atoms with Gasteiger partial charge in [-0.1, -0.05) is 31.2 Å². The molecule has 0 fully saturated rings. The molecule has 1 N–H and O–H groups in total. The van der Waals surface area contributed by atoms with Crippen LogP contribution in [0, 0.1) is 0 Å². The highest BCUT2D eigenvalue weighted by Gasteiger charge is 2.33. The van der Waals surface area contributed by atoms with Crippen molar-refractivity contribution in [2.75, 3.05) is 6.54 Å². The van der Waals surface area contributed by atoms with E-state index in [0.717, 1.165) is 37.6 Å². The third-order valence-electron chi connectivity index (χ3n) is 4.42. The summed E-state index contributed by atoms with van der Waals surface area (Å²) in [7, 11) is 0. The Morgan fingerprint density at radius 3 is 2.95 bits per heavy atom. The first-order chi connectivity index (χ1) is 9.38. The minimum absolute atomic E-state index is 0.366. The average Bonchev–Trinajstić information content (AvgIpc) is 2.84. The van der Waals surface area contributed by atoms with Gasteiger partial charge in [-0.2, -0.15) is 0 Å². The third kappa shape index (κ3) is 1.56. The van der Waals surface area contributed by atoms with Crippen molar-refractivity contribution in [1.82, 2.24) is 20.1 Å². The number of nitrogens with one attached hydrogen (secondary N) is 1. The molecule has 1 aliphatic carbocycles. The van der Waals surface area contributed by atoms with Crippen molar-refractivity contribution < 1.29 is 0 Å². The molecule has 0 amide bonds. The summed E-state index contributed by atoms with van der Waals surface area (Å²) in [5, 5.41) is 12.4. The van der Waals surface area contributed by atoms with Gasteiger partial charge in [0, 0.05) is 19.0 Å². The van der Waals surface area contributed by atoms with Gasteiger partial charge in [0.25, 0.3) is 0 Å². The first kappa shape index (κ1) is 11.2. The van der Waals surface area contributed by atoms with E-state index in [4.69, 9.17) is 0 Å². The summed E-state index contributed by atoms with van der Waals surface area (Å²) in [6.45, 7) is 4.21. The van der Waals surface area contributed by atoms with Gasteiger partial charge in [-0.3, -0.25) is 0 Å². The minimum Gasteiger partial charge on any atom is -0.312 e. The summed E-state index contributed by atoms with van der Waals surface area (Å²) in [5.74, 6) is 2.73. The van der Waals surface area contributed by atoms with Crippen LogP contribution in [-0.4, -0.2) is 21.3 Å². The molecule has 0 saturated heterocycles. The molecule has 2 atom stereocenters. The maximum atomic E-state index is 4.49. The maximum absolute atomic E-state index is 4.49. The van der Waals surface area contributed by atoms with E-state index in [-0.39, 0.29) is 0 Å². The molecule has 0 saturated carbocycles. The van der Waals surface area contributed by atoms with Crippen molar-refractivity contribution in [3.63, 3.8) is 0 Å². The first-order valence-electron chi connectivity index (χ1n) is 7.12. The molecule has 19 heavy (non-hydrogen) atoms. The Labute approximate surface area is 112 Å². The van der Waals surface area contributed by atoms with Crippen LogP contribution >= 0.6 is 0 Å². The van der Waals surface area contributed by atoms with Crippen molar-refractivity contribution in [2.45, 2.75) is 38.3 Å². The molecule has 4 rings (SSSR count). The van der Waals surface area contributed by atoms with Crippen LogP contribution in [0.15, 0.2) is 24.3 Å². The Morgan fingerprint density at radius 2 is 2.11 bits per heavy atom. The van der Waals surface area contributed by atoms with E-state index in [9.17, 15) is 0 Å². The lowest BCUT2D eigenvalue weighted by atomic mass is 9.77. The Balaban J connectivity index is 1.73. The van der Waals surface area contributed by atoms with E-state index < -0.39 is 0 Å². The number of benzene rings is 1. The molecular formula is C15H18N4. The highest BCUT2D eigenvalue weighted by molar-refractivity contribution is 5.44. The summed E-state index contributed by atoms with van der Waals surface area (Å²) < 4.78 is 2.34. The average molecular weight is 254 g/mol. The highest BCUT2D eigenvalue weighted by atomic mass is 15.3. The first-order valence-corrected chi connectivity index (χ1v) is 7.12. The van der Waals surface area contributed by atoms with Gasteiger partial charge in [0.05, 0.1) is 6.04 Å². The molecular weight excluding hydrogens is 236 g/mol. The van der Waals surface area contributed by atoms with Gasteiger partial charge < -0.3 is 9.88 Å². The van der Waals surface area contributed by atoms with E-state index in [2.05, 4.69) is 51.3 Å². The number of rotatable bonds is 2. The van der Waals surface area contributed by atoms with Crippen molar-refractivity contribution in [1.29, 1.82) is 0 Å². The molecule has 2 unspecified atom stereocenters. The van der Waals surface area contributed by atoms with Crippen LogP contribution in [0.3, 0.4) is 0 Å². The summed E-state index contributed by atoms with van der Waals surface area (Å²) in [4.78, 5) is 0. The zero-order valence-electron chi connectivity index (χ0n) is 11.1. The smallest absolute Gasteiger partial charge is 0.150 e. The molecule has 1 aromatic heterocycles. The van der Waals surface area contributed by atoms with Gasteiger partial charge in [-0.05, 0) is 24.0 Å². The zero-order chi connectivity index (χ0) is 12.8. The van der Waals surface area contributed by atoms with Crippen LogP contribution < -0.4 is 5.32 Å². The summed E-state index contributed by atoms with van der Waals surface area (Å²) in [6, 6.07) is 9.05.